The van der Waals surface area contributed by atoms with Gasteiger partial charge in [0.1, 0.15) is 6.04 Å². The first-order valence-corrected chi connectivity index (χ1v) is 2.95. The van der Waals surface area contributed by atoms with Crippen LogP contribution >= 0.6 is 0 Å². The summed E-state index contributed by atoms with van der Waals surface area (Å²) in [5.74, 6) is -0.660. The zero-order valence-electron chi connectivity index (χ0n) is 5.33. The molecule has 0 spiro atoms. The molecule has 0 bridgehead atoms. The Morgan fingerprint density at radius 3 is 2.60 bits per heavy atom. The van der Waals surface area contributed by atoms with Crippen molar-refractivity contribution >= 4 is 11.8 Å². The van der Waals surface area contributed by atoms with Crippen LogP contribution in [-0.2, 0) is 9.59 Å². The molecule has 5 N–H and O–H groups in total. The molecule has 0 aromatic carbocycles. The van der Waals surface area contributed by atoms with Crippen molar-refractivity contribution in [2.24, 2.45) is 11.5 Å². The molecule has 1 saturated heterocycles. The molecule has 5 heteroatoms. The number of carbonyl (C=O) groups excluding carboxylic acids is 2. The molecule has 2 atom stereocenters. The highest BCUT2D eigenvalue weighted by Gasteiger charge is 2.36. The van der Waals surface area contributed by atoms with Crippen molar-refractivity contribution in [1.29, 1.82) is 0 Å². The minimum absolute atomic E-state index is 0.132. The van der Waals surface area contributed by atoms with Gasteiger partial charge in [0.05, 0.1) is 6.04 Å². The number of nitrogens with one attached hydrogen (secondary N) is 1. The Morgan fingerprint density at radius 2 is 2.30 bits per heavy atom. The van der Waals surface area contributed by atoms with E-state index in [0.29, 0.717) is 0 Å². The Balaban J connectivity index is 2.34. The molecule has 1 aliphatic rings. The van der Waals surface area contributed by atoms with Gasteiger partial charge in [-0.15, -0.1) is 0 Å². The smallest absolute Gasteiger partial charge is 0.239 e. The van der Waals surface area contributed by atoms with Gasteiger partial charge in [0.2, 0.25) is 11.8 Å². The van der Waals surface area contributed by atoms with Gasteiger partial charge >= 0.3 is 0 Å². The SMILES string of the molecule is NC(=O)CC1NC(=O)C1N. The van der Waals surface area contributed by atoms with E-state index in [-0.39, 0.29) is 18.4 Å². The summed E-state index contributed by atoms with van der Waals surface area (Å²) in [5, 5.41) is 2.46. The van der Waals surface area contributed by atoms with Gasteiger partial charge in [-0.25, -0.2) is 0 Å². The molecule has 56 valence electrons. The van der Waals surface area contributed by atoms with Crippen LogP contribution in [-0.4, -0.2) is 23.9 Å². The molecule has 0 aromatic rings. The van der Waals surface area contributed by atoms with Crippen molar-refractivity contribution < 1.29 is 9.59 Å². The van der Waals surface area contributed by atoms with E-state index in [4.69, 9.17) is 11.5 Å². The minimum Gasteiger partial charge on any atom is -0.370 e. The highest BCUT2D eigenvalue weighted by atomic mass is 16.2. The van der Waals surface area contributed by atoms with Gasteiger partial charge in [0.25, 0.3) is 0 Å². The van der Waals surface area contributed by atoms with E-state index >= 15 is 0 Å². The molecule has 1 aliphatic heterocycles. The monoisotopic (exact) mass is 143 g/mol. The summed E-state index contributed by atoms with van der Waals surface area (Å²) in [6.07, 6.45) is 0.132. The first kappa shape index (κ1) is 7.01. The predicted molar refractivity (Wildman–Crippen MR) is 33.7 cm³/mol. The summed E-state index contributed by atoms with van der Waals surface area (Å²) in [6, 6.07) is -0.794. The summed E-state index contributed by atoms with van der Waals surface area (Å²) < 4.78 is 0. The number of hydrogen-bond donors (Lipinski definition) is 3. The minimum atomic E-state index is -0.549. The van der Waals surface area contributed by atoms with Gasteiger partial charge in [-0.2, -0.15) is 0 Å². The summed E-state index contributed by atoms with van der Waals surface area (Å²) in [7, 11) is 0. The standard InChI is InChI=1S/C5H9N3O2/c6-3(9)1-2-4(7)5(10)8-2/h2,4H,1,7H2,(H2,6,9)(H,8,10). The third-order valence-electron chi connectivity index (χ3n) is 1.48. The molecule has 1 rings (SSSR count). The molecule has 1 fully saturated rings. The molecule has 0 aromatic heterocycles. The first-order chi connectivity index (χ1) is 4.61. The average molecular weight is 143 g/mol. The quantitative estimate of drug-likeness (QED) is 0.379. The van der Waals surface area contributed by atoms with Gasteiger partial charge in [-0.05, 0) is 0 Å². The van der Waals surface area contributed by atoms with E-state index in [1.54, 1.807) is 0 Å². The Hall–Kier alpha value is -1.10. The molecular formula is C5H9N3O2. The van der Waals surface area contributed by atoms with Crippen LogP contribution in [0.15, 0.2) is 0 Å². The van der Waals surface area contributed by atoms with E-state index in [1.165, 1.54) is 0 Å². The molecule has 10 heavy (non-hydrogen) atoms. The van der Waals surface area contributed by atoms with E-state index in [2.05, 4.69) is 5.32 Å². The van der Waals surface area contributed by atoms with E-state index < -0.39 is 11.9 Å². The fraction of sp³-hybridized carbons (Fsp3) is 0.600. The number of hydrogen-bond acceptors (Lipinski definition) is 3. The Labute approximate surface area is 57.7 Å². The number of primary amides is 1. The number of amides is 2. The second-order valence-electron chi connectivity index (χ2n) is 2.31. The van der Waals surface area contributed by atoms with Crippen molar-refractivity contribution in [1.82, 2.24) is 5.32 Å². The van der Waals surface area contributed by atoms with E-state index in [9.17, 15) is 9.59 Å². The van der Waals surface area contributed by atoms with Gasteiger partial charge in [-0.3, -0.25) is 9.59 Å². The maximum absolute atomic E-state index is 10.4. The Bertz CT molecular complexity index is 180. The fourth-order valence-electron chi connectivity index (χ4n) is 0.850. The van der Waals surface area contributed by atoms with Crippen molar-refractivity contribution in [2.45, 2.75) is 18.5 Å². The third-order valence-corrected chi connectivity index (χ3v) is 1.48. The van der Waals surface area contributed by atoms with Gasteiger partial charge in [0, 0.05) is 6.42 Å². The molecule has 5 nitrogen and oxygen atoms in total. The lowest BCUT2D eigenvalue weighted by Crippen LogP contribution is -2.67. The van der Waals surface area contributed by atoms with Gasteiger partial charge in [-0.1, -0.05) is 0 Å². The Morgan fingerprint density at radius 1 is 1.70 bits per heavy atom. The van der Waals surface area contributed by atoms with Crippen LogP contribution in [0.2, 0.25) is 0 Å². The molecule has 0 radical (unpaired) electrons. The summed E-state index contributed by atoms with van der Waals surface area (Å²) in [5.41, 5.74) is 10.2. The molecule has 0 aliphatic carbocycles. The van der Waals surface area contributed by atoms with Crippen molar-refractivity contribution in [3.05, 3.63) is 0 Å². The van der Waals surface area contributed by atoms with Crippen LogP contribution in [0.4, 0.5) is 0 Å². The van der Waals surface area contributed by atoms with Crippen LogP contribution in [0.1, 0.15) is 6.42 Å². The number of carbonyl (C=O) groups is 2. The highest BCUT2D eigenvalue weighted by molar-refractivity contribution is 5.91. The molecule has 2 amide bonds. The number of nitrogens with two attached hydrogens (primary N) is 2. The van der Waals surface area contributed by atoms with Crippen LogP contribution in [0, 0.1) is 0 Å². The van der Waals surface area contributed by atoms with Crippen LogP contribution < -0.4 is 16.8 Å². The normalized spacial score (nSPS) is 30.7. The maximum atomic E-state index is 10.4. The summed E-state index contributed by atoms with van der Waals surface area (Å²) in [4.78, 5) is 20.7. The van der Waals surface area contributed by atoms with Crippen LogP contribution in [0.3, 0.4) is 0 Å². The Kier molecular flexibility index (Phi) is 1.58. The molecule has 1 heterocycles. The molecule has 2 unspecified atom stereocenters. The van der Waals surface area contributed by atoms with E-state index in [1.807, 2.05) is 0 Å². The van der Waals surface area contributed by atoms with Crippen LogP contribution in [0.25, 0.3) is 0 Å². The van der Waals surface area contributed by atoms with E-state index in [0.717, 1.165) is 0 Å². The number of β-lactam (4-membered cyclic amide) rings is 1. The van der Waals surface area contributed by atoms with Crippen molar-refractivity contribution in [3.8, 4) is 0 Å². The molecular weight excluding hydrogens is 134 g/mol. The van der Waals surface area contributed by atoms with Crippen molar-refractivity contribution in [2.75, 3.05) is 0 Å². The maximum Gasteiger partial charge on any atom is 0.239 e. The lowest BCUT2D eigenvalue weighted by molar-refractivity contribution is -0.131. The lowest BCUT2D eigenvalue weighted by Gasteiger charge is -2.32. The first-order valence-electron chi connectivity index (χ1n) is 2.95. The highest BCUT2D eigenvalue weighted by Crippen LogP contribution is 2.06. The largest absolute Gasteiger partial charge is 0.370 e. The van der Waals surface area contributed by atoms with Crippen LogP contribution in [0.5, 0.6) is 0 Å². The summed E-state index contributed by atoms with van der Waals surface area (Å²) >= 11 is 0. The number of rotatable bonds is 2. The van der Waals surface area contributed by atoms with Gasteiger partial charge in [0.15, 0.2) is 0 Å². The summed E-state index contributed by atoms with van der Waals surface area (Å²) in [6.45, 7) is 0. The fourth-order valence-corrected chi connectivity index (χ4v) is 0.850. The van der Waals surface area contributed by atoms with Gasteiger partial charge < -0.3 is 16.8 Å². The lowest BCUT2D eigenvalue weighted by atomic mass is 9.97. The van der Waals surface area contributed by atoms with Crippen molar-refractivity contribution in [3.63, 3.8) is 0 Å². The average Bonchev–Trinajstić information content (AvgIpc) is 1.86. The zero-order chi connectivity index (χ0) is 7.72. The zero-order valence-corrected chi connectivity index (χ0v) is 5.33. The predicted octanol–water partition coefficient (Wildman–Crippen LogP) is -2.31. The second-order valence-corrected chi connectivity index (χ2v) is 2.31. The second kappa shape index (κ2) is 2.26. The topological polar surface area (TPSA) is 98.2 Å². The molecule has 0 saturated carbocycles. The third kappa shape index (κ3) is 1.08.